The zero-order valence-corrected chi connectivity index (χ0v) is 16.7. The highest BCUT2D eigenvalue weighted by Crippen LogP contribution is 2.44. The van der Waals surface area contributed by atoms with E-state index < -0.39 is 24.1 Å². The maximum atomic E-state index is 13.4. The highest BCUT2D eigenvalue weighted by molar-refractivity contribution is 5.79. The average Bonchev–Trinajstić information content (AvgIpc) is 3.11. The number of nitrogens with two attached hydrogens (primary N) is 1. The minimum atomic E-state index is -1.45. The number of aliphatic hydroxyl groups is 2. The molecule has 7 heteroatoms. The Morgan fingerprint density at radius 1 is 1.03 bits per heavy atom. The summed E-state index contributed by atoms with van der Waals surface area (Å²) in [5, 5.41) is 22.8. The van der Waals surface area contributed by atoms with E-state index in [0.29, 0.717) is 0 Å². The first-order chi connectivity index (χ1) is 15.0. The number of carbonyl (C=O) groups is 1. The molecule has 0 aliphatic heterocycles. The van der Waals surface area contributed by atoms with Crippen LogP contribution in [-0.4, -0.2) is 35.6 Å². The van der Waals surface area contributed by atoms with Gasteiger partial charge in [-0.25, -0.2) is 9.18 Å². The van der Waals surface area contributed by atoms with Crippen LogP contribution in [0.2, 0.25) is 0 Å². The highest BCUT2D eigenvalue weighted by Gasteiger charge is 2.29. The lowest BCUT2D eigenvalue weighted by atomic mass is 9.98. The second-order valence-corrected chi connectivity index (χ2v) is 7.49. The Labute approximate surface area is 179 Å². The predicted molar refractivity (Wildman–Crippen MR) is 115 cm³/mol. The molecule has 0 radical (unpaired) electrons. The van der Waals surface area contributed by atoms with Crippen LogP contribution in [0.15, 0.2) is 66.7 Å². The molecule has 0 saturated heterocycles. The Morgan fingerprint density at radius 3 is 2.29 bits per heavy atom. The van der Waals surface area contributed by atoms with E-state index in [1.54, 1.807) is 0 Å². The van der Waals surface area contributed by atoms with Crippen LogP contribution < -0.4 is 11.1 Å². The molecule has 0 fully saturated rings. The van der Waals surface area contributed by atoms with Crippen LogP contribution in [0.5, 0.6) is 0 Å². The fourth-order valence-electron chi connectivity index (χ4n) is 3.96. The van der Waals surface area contributed by atoms with E-state index in [0.717, 1.165) is 34.4 Å². The van der Waals surface area contributed by atoms with Gasteiger partial charge in [0.05, 0.1) is 0 Å². The van der Waals surface area contributed by atoms with Gasteiger partial charge >= 0.3 is 6.09 Å². The van der Waals surface area contributed by atoms with Crippen molar-refractivity contribution in [1.29, 1.82) is 0 Å². The molecule has 3 aromatic carbocycles. The van der Waals surface area contributed by atoms with Gasteiger partial charge < -0.3 is 26.0 Å². The molecule has 3 aromatic rings. The third-order valence-corrected chi connectivity index (χ3v) is 5.53. The quantitative estimate of drug-likeness (QED) is 0.456. The number of nitrogen functional groups attached to an aromatic ring is 1. The van der Waals surface area contributed by atoms with Crippen LogP contribution in [0.25, 0.3) is 11.1 Å². The lowest BCUT2D eigenvalue weighted by Crippen LogP contribution is -2.36. The van der Waals surface area contributed by atoms with Gasteiger partial charge in [0.15, 0.2) is 0 Å². The molecule has 1 aliphatic carbocycles. The first-order valence-electron chi connectivity index (χ1n) is 9.95. The van der Waals surface area contributed by atoms with Crippen molar-refractivity contribution >= 4 is 11.8 Å². The number of benzene rings is 3. The number of ether oxygens (including phenoxy) is 1. The third-order valence-electron chi connectivity index (χ3n) is 5.53. The smallest absolute Gasteiger partial charge is 0.407 e. The maximum absolute atomic E-state index is 13.4. The van der Waals surface area contributed by atoms with Gasteiger partial charge in [-0.05, 0) is 40.5 Å². The fourth-order valence-corrected chi connectivity index (χ4v) is 3.96. The molecule has 0 saturated carbocycles. The van der Waals surface area contributed by atoms with Crippen molar-refractivity contribution in [3.63, 3.8) is 0 Å². The van der Waals surface area contributed by atoms with Gasteiger partial charge in [-0.3, -0.25) is 0 Å². The molecule has 160 valence electrons. The van der Waals surface area contributed by atoms with Crippen LogP contribution in [0, 0.1) is 5.82 Å². The van der Waals surface area contributed by atoms with Gasteiger partial charge in [0, 0.05) is 23.7 Å². The summed E-state index contributed by atoms with van der Waals surface area (Å²) in [6, 6.07) is 19.5. The topological polar surface area (TPSA) is 105 Å². The van der Waals surface area contributed by atoms with Gasteiger partial charge in [0.1, 0.15) is 24.6 Å². The molecular weight excluding hydrogens is 399 g/mol. The predicted octanol–water partition coefficient (Wildman–Crippen LogP) is 3.34. The molecule has 6 nitrogen and oxygen atoms in total. The summed E-state index contributed by atoms with van der Waals surface area (Å²) in [7, 11) is 0. The molecule has 1 amide bonds. The van der Waals surface area contributed by atoms with Gasteiger partial charge in [0.2, 0.25) is 0 Å². The lowest BCUT2D eigenvalue weighted by molar-refractivity contribution is 0.0188. The molecule has 0 bridgehead atoms. The summed E-state index contributed by atoms with van der Waals surface area (Å²) in [6.07, 6.45) is -3.56. The van der Waals surface area contributed by atoms with Crippen LogP contribution in [0.4, 0.5) is 14.9 Å². The Balaban J connectivity index is 1.35. The number of anilines is 1. The summed E-state index contributed by atoms with van der Waals surface area (Å²) in [5.41, 5.74) is 10.4. The Kier molecular flexibility index (Phi) is 5.88. The van der Waals surface area contributed by atoms with Crippen LogP contribution in [0.1, 0.15) is 28.7 Å². The summed E-state index contributed by atoms with van der Waals surface area (Å²) in [6.45, 7) is -0.150. The van der Waals surface area contributed by atoms with Crippen molar-refractivity contribution in [2.24, 2.45) is 0 Å². The van der Waals surface area contributed by atoms with E-state index in [-0.39, 0.29) is 30.3 Å². The molecule has 5 N–H and O–H groups in total. The maximum Gasteiger partial charge on any atom is 0.407 e. The lowest BCUT2D eigenvalue weighted by Gasteiger charge is -2.20. The number of halogens is 1. The Hall–Kier alpha value is -3.42. The number of hydrogen-bond acceptors (Lipinski definition) is 5. The first kappa shape index (κ1) is 20.8. The van der Waals surface area contributed by atoms with Gasteiger partial charge in [0.25, 0.3) is 0 Å². The van der Waals surface area contributed by atoms with Crippen LogP contribution in [0.3, 0.4) is 0 Å². The third kappa shape index (κ3) is 4.23. The molecule has 31 heavy (non-hydrogen) atoms. The van der Waals surface area contributed by atoms with Crippen LogP contribution in [-0.2, 0) is 4.74 Å². The SMILES string of the molecule is Nc1ccc(F)cc1C(O)C(O)CNC(=O)OCC1c2ccccc2-c2ccccc21. The molecule has 4 rings (SSSR count). The normalized spacial score (nSPS) is 14.4. The monoisotopic (exact) mass is 422 g/mol. The molecule has 2 atom stereocenters. The molecule has 0 aromatic heterocycles. The highest BCUT2D eigenvalue weighted by atomic mass is 19.1. The Bertz CT molecular complexity index is 1060. The number of fused-ring (bicyclic) bond motifs is 3. The second-order valence-electron chi connectivity index (χ2n) is 7.49. The Morgan fingerprint density at radius 2 is 1.65 bits per heavy atom. The molecule has 0 spiro atoms. The van der Waals surface area contributed by atoms with Gasteiger partial charge in [-0.15, -0.1) is 0 Å². The minimum absolute atomic E-state index is 0.0573. The number of amides is 1. The molecular formula is C24H23FN2O4. The summed E-state index contributed by atoms with van der Waals surface area (Å²) >= 11 is 0. The van der Waals surface area contributed by atoms with E-state index in [4.69, 9.17) is 10.5 Å². The molecule has 1 aliphatic rings. The van der Waals surface area contributed by atoms with E-state index in [9.17, 15) is 19.4 Å². The van der Waals surface area contributed by atoms with Gasteiger partial charge in [-0.2, -0.15) is 0 Å². The largest absolute Gasteiger partial charge is 0.449 e. The number of nitrogens with one attached hydrogen (secondary N) is 1. The van der Waals surface area contributed by atoms with Crippen molar-refractivity contribution in [2.45, 2.75) is 18.1 Å². The zero-order chi connectivity index (χ0) is 22.0. The fraction of sp³-hybridized carbons (Fsp3) is 0.208. The van der Waals surface area contributed by atoms with Crippen molar-refractivity contribution in [3.05, 3.63) is 89.2 Å². The van der Waals surface area contributed by atoms with E-state index in [1.807, 2.05) is 48.5 Å². The number of alkyl carbamates (subject to hydrolysis) is 1. The first-order valence-corrected chi connectivity index (χ1v) is 9.95. The van der Waals surface area contributed by atoms with Crippen molar-refractivity contribution in [1.82, 2.24) is 5.32 Å². The number of hydrogen-bond donors (Lipinski definition) is 4. The van der Waals surface area contributed by atoms with Crippen LogP contribution >= 0.6 is 0 Å². The van der Waals surface area contributed by atoms with E-state index in [1.165, 1.54) is 6.07 Å². The van der Waals surface area contributed by atoms with Crippen molar-refractivity contribution in [2.75, 3.05) is 18.9 Å². The number of carbonyl (C=O) groups excluding carboxylic acids is 1. The average molecular weight is 422 g/mol. The summed E-state index contributed by atoms with van der Waals surface area (Å²) in [5.74, 6) is -0.666. The zero-order valence-electron chi connectivity index (χ0n) is 16.7. The molecule has 2 unspecified atom stereocenters. The molecule has 0 heterocycles. The second kappa shape index (κ2) is 8.75. The minimum Gasteiger partial charge on any atom is -0.449 e. The standard InChI is InChI=1S/C24H23FN2O4/c25-14-9-10-21(26)19(11-14)23(29)22(28)12-27-24(30)31-13-20-17-7-3-1-5-15(17)16-6-2-4-8-18(16)20/h1-11,20,22-23,28-29H,12-13,26H2,(H,27,30). The van der Waals surface area contributed by atoms with Crippen molar-refractivity contribution in [3.8, 4) is 11.1 Å². The van der Waals surface area contributed by atoms with Crippen molar-refractivity contribution < 1.29 is 24.1 Å². The van der Waals surface area contributed by atoms with E-state index >= 15 is 0 Å². The van der Waals surface area contributed by atoms with Gasteiger partial charge in [-0.1, -0.05) is 48.5 Å². The number of aliphatic hydroxyl groups excluding tert-OH is 2. The number of rotatable bonds is 6. The summed E-state index contributed by atoms with van der Waals surface area (Å²) in [4.78, 5) is 12.2. The van der Waals surface area contributed by atoms with E-state index in [2.05, 4.69) is 5.32 Å². The summed E-state index contributed by atoms with van der Waals surface area (Å²) < 4.78 is 18.8.